The van der Waals surface area contributed by atoms with E-state index in [2.05, 4.69) is 17.2 Å². The predicted octanol–water partition coefficient (Wildman–Crippen LogP) is 1.89. The van der Waals surface area contributed by atoms with E-state index in [1.807, 2.05) is 30.8 Å². The first-order valence-corrected chi connectivity index (χ1v) is 5.27. The van der Waals surface area contributed by atoms with Gasteiger partial charge in [-0.3, -0.25) is 4.68 Å². The van der Waals surface area contributed by atoms with Crippen molar-refractivity contribution in [3.05, 3.63) is 30.0 Å². The minimum atomic E-state index is -0.259. The van der Waals surface area contributed by atoms with Crippen LogP contribution in [-0.4, -0.2) is 21.0 Å². The SMILES string of the molecule is C[C@@H](O)CCc1nn(C)c2ccccc12. The van der Waals surface area contributed by atoms with Gasteiger partial charge in [-0.15, -0.1) is 0 Å². The lowest BCUT2D eigenvalue weighted by Crippen LogP contribution is -2.02. The maximum atomic E-state index is 9.26. The van der Waals surface area contributed by atoms with Crippen LogP contribution in [0.4, 0.5) is 0 Å². The highest BCUT2D eigenvalue weighted by Gasteiger charge is 2.08. The summed E-state index contributed by atoms with van der Waals surface area (Å²) in [5.41, 5.74) is 2.23. The maximum Gasteiger partial charge on any atom is 0.0704 e. The van der Waals surface area contributed by atoms with Crippen LogP contribution in [0, 0.1) is 0 Å². The molecule has 0 saturated heterocycles. The fourth-order valence-electron chi connectivity index (χ4n) is 1.82. The first kappa shape index (κ1) is 10.2. The van der Waals surface area contributed by atoms with Gasteiger partial charge in [-0.25, -0.2) is 0 Å². The number of aliphatic hydroxyl groups is 1. The minimum Gasteiger partial charge on any atom is -0.393 e. The number of aromatic nitrogens is 2. The molecule has 1 aromatic carbocycles. The summed E-state index contributed by atoms with van der Waals surface area (Å²) in [6.45, 7) is 1.81. The van der Waals surface area contributed by atoms with Gasteiger partial charge in [-0.1, -0.05) is 18.2 Å². The minimum absolute atomic E-state index is 0.259. The molecule has 1 aromatic heterocycles. The predicted molar refractivity (Wildman–Crippen MR) is 60.7 cm³/mol. The lowest BCUT2D eigenvalue weighted by atomic mass is 10.1. The van der Waals surface area contributed by atoms with Crippen LogP contribution in [0.25, 0.3) is 10.9 Å². The van der Waals surface area contributed by atoms with E-state index in [4.69, 9.17) is 0 Å². The van der Waals surface area contributed by atoms with Crippen LogP contribution in [0.1, 0.15) is 19.0 Å². The molecule has 0 aliphatic carbocycles. The fraction of sp³-hybridized carbons (Fsp3) is 0.417. The molecule has 80 valence electrons. The molecule has 15 heavy (non-hydrogen) atoms. The largest absolute Gasteiger partial charge is 0.393 e. The molecule has 1 N–H and O–H groups in total. The summed E-state index contributed by atoms with van der Waals surface area (Å²) < 4.78 is 1.90. The molecule has 0 saturated carbocycles. The highest BCUT2D eigenvalue weighted by atomic mass is 16.3. The number of para-hydroxylation sites is 1. The summed E-state index contributed by atoms with van der Waals surface area (Å²) >= 11 is 0. The van der Waals surface area contributed by atoms with Gasteiger partial charge >= 0.3 is 0 Å². The van der Waals surface area contributed by atoms with Gasteiger partial charge in [0.15, 0.2) is 0 Å². The Morgan fingerprint density at radius 1 is 1.40 bits per heavy atom. The molecular formula is C12H16N2O. The van der Waals surface area contributed by atoms with Crippen molar-refractivity contribution in [3.63, 3.8) is 0 Å². The molecular weight excluding hydrogens is 188 g/mol. The summed E-state index contributed by atoms with van der Waals surface area (Å²) in [6, 6.07) is 8.19. The second kappa shape index (κ2) is 4.03. The average molecular weight is 204 g/mol. The summed E-state index contributed by atoms with van der Waals surface area (Å²) in [5, 5.41) is 14.9. The van der Waals surface area contributed by atoms with Crippen molar-refractivity contribution in [2.75, 3.05) is 0 Å². The Balaban J connectivity index is 2.35. The van der Waals surface area contributed by atoms with E-state index in [0.717, 1.165) is 24.1 Å². The van der Waals surface area contributed by atoms with Crippen LogP contribution in [0.2, 0.25) is 0 Å². The van der Waals surface area contributed by atoms with Crippen LogP contribution in [0.5, 0.6) is 0 Å². The number of aliphatic hydroxyl groups excluding tert-OH is 1. The topological polar surface area (TPSA) is 38.1 Å². The van der Waals surface area contributed by atoms with Gasteiger partial charge in [-0.2, -0.15) is 5.10 Å². The highest BCUT2D eigenvalue weighted by molar-refractivity contribution is 5.81. The zero-order valence-electron chi connectivity index (χ0n) is 9.14. The first-order chi connectivity index (χ1) is 7.18. The van der Waals surface area contributed by atoms with E-state index in [0.29, 0.717) is 0 Å². The molecule has 2 aromatic rings. The number of benzene rings is 1. The van der Waals surface area contributed by atoms with Gasteiger partial charge in [-0.05, 0) is 25.8 Å². The molecule has 3 nitrogen and oxygen atoms in total. The number of nitrogens with zero attached hydrogens (tertiary/aromatic N) is 2. The van der Waals surface area contributed by atoms with E-state index >= 15 is 0 Å². The highest BCUT2D eigenvalue weighted by Crippen LogP contribution is 2.18. The number of hydrogen-bond acceptors (Lipinski definition) is 2. The van der Waals surface area contributed by atoms with Crippen molar-refractivity contribution < 1.29 is 5.11 Å². The van der Waals surface area contributed by atoms with E-state index < -0.39 is 0 Å². The second-order valence-corrected chi connectivity index (χ2v) is 3.98. The van der Waals surface area contributed by atoms with Crippen LogP contribution < -0.4 is 0 Å². The Labute approximate surface area is 89.3 Å². The molecule has 3 heteroatoms. The van der Waals surface area contributed by atoms with Gasteiger partial charge in [0, 0.05) is 12.4 Å². The van der Waals surface area contributed by atoms with Gasteiger partial charge in [0.2, 0.25) is 0 Å². The van der Waals surface area contributed by atoms with Crippen LogP contribution in [-0.2, 0) is 13.5 Å². The van der Waals surface area contributed by atoms with E-state index in [1.54, 1.807) is 0 Å². The van der Waals surface area contributed by atoms with Crippen molar-refractivity contribution in [2.24, 2.45) is 7.05 Å². The Bertz CT molecular complexity index is 460. The van der Waals surface area contributed by atoms with E-state index in [-0.39, 0.29) is 6.10 Å². The molecule has 1 atom stereocenters. The van der Waals surface area contributed by atoms with Crippen LogP contribution in [0.15, 0.2) is 24.3 Å². The van der Waals surface area contributed by atoms with Crippen molar-refractivity contribution in [3.8, 4) is 0 Å². The van der Waals surface area contributed by atoms with Crippen molar-refractivity contribution in [1.82, 2.24) is 9.78 Å². The molecule has 0 radical (unpaired) electrons. The van der Waals surface area contributed by atoms with E-state index in [9.17, 15) is 5.11 Å². The Morgan fingerprint density at radius 3 is 2.87 bits per heavy atom. The van der Waals surface area contributed by atoms with Crippen molar-refractivity contribution in [1.29, 1.82) is 0 Å². The molecule has 1 heterocycles. The molecule has 2 rings (SSSR count). The normalized spacial score (nSPS) is 13.3. The summed E-state index contributed by atoms with van der Waals surface area (Å²) in [6.07, 6.45) is 1.34. The standard InChI is InChI=1S/C12H16N2O/c1-9(15)7-8-11-10-5-3-4-6-12(10)14(2)13-11/h3-6,9,15H,7-8H2,1-2H3/t9-/m1/s1. The molecule has 0 aliphatic rings. The molecule has 0 unspecified atom stereocenters. The maximum absolute atomic E-state index is 9.26. The number of aryl methyl sites for hydroxylation is 2. The zero-order valence-corrected chi connectivity index (χ0v) is 9.14. The summed E-state index contributed by atoms with van der Waals surface area (Å²) in [5.74, 6) is 0. The molecule has 0 spiro atoms. The molecule has 0 fully saturated rings. The zero-order chi connectivity index (χ0) is 10.8. The molecule has 0 bridgehead atoms. The Hall–Kier alpha value is -1.35. The lowest BCUT2D eigenvalue weighted by Gasteiger charge is -2.00. The van der Waals surface area contributed by atoms with Crippen LogP contribution in [0.3, 0.4) is 0 Å². The third kappa shape index (κ3) is 2.02. The summed E-state index contributed by atoms with van der Waals surface area (Å²) in [4.78, 5) is 0. The number of fused-ring (bicyclic) bond motifs is 1. The van der Waals surface area contributed by atoms with Gasteiger partial charge in [0.05, 0.1) is 17.3 Å². The monoisotopic (exact) mass is 204 g/mol. The third-order valence-corrected chi connectivity index (χ3v) is 2.63. The Kier molecular flexibility index (Phi) is 2.73. The van der Waals surface area contributed by atoms with Crippen LogP contribution >= 0.6 is 0 Å². The fourth-order valence-corrected chi connectivity index (χ4v) is 1.82. The smallest absolute Gasteiger partial charge is 0.0704 e. The second-order valence-electron chi connectivity index (χ2n) is 3.98. The molecule has 0 amide bonds. The van der Waals surface area contributed by atoms with Gasteiger partial charge in [0.25, 0.3) is 0 Å². The number of rotatable bonds is 3. The summed E-state index contributed by atoms with van der Waals surface area (Å²) in [7, 11) is 1.95. The van der Waals surface area contributed by atoms with Crippen molar-refractivity contribution >= 4 is 10.9 Å². The van der Waals surface area contributed by atoms with Gasteiger partial charge < -0.3 is 5.11 Å². The number of hydrogen-bond donors (Lipinski definition) is 1. The third-order valence-electron chi connectivity index (χ3n) is 2.63. The average Bonchev–Trinajstić information content (AvgIpc) is 2.54. The molecule has 0 aliphatic heterocycles. The quantitative estimate of drug-likeness (QED) is 0.829. The lowest BCUT2D eigenvalue weighted by molar-refractivity contribution is 0.184. The van der Waals surface area contributed by atoms with Crippen molar-refractivity contribution in [2.45, 2.75) is 25.9 Å². The Morgan fingerprint density at radius 2 is 2.13 bits per heavy atom. The van der Waals surface area contributed by atoms with Gasteiger partial charge in [0.1, 0.15) is 0 Å². The first-order valence-electron chi connectivity index (χ1n) is 5.27. The van der Waals surface area contributed by atoms with E-state index in [1.165, 1.54) is 5.39 Å².